The average molecular weight is 117 g/mol. The fourth-order valence-corrected chi connectivity index (χ4v) is 0.558. The summed E-state index contributed by atoms with van der Waals surface area (Å²) in [5.74, 6) is -0.438. The van der Waals surface area contributed by atoms with Crippen molar-refractivity contribution < 1.29 is 9.90 Å². The molecular formula is C5H11NO2. The number of carbonyl (C=O) groups is 1. The van der Waals surface area contributed by atoms with Gasteiger partial charge in [-0.15, -0.1) is 0 Å². The molecule has 0 atom stereocenters. The van der Waals surface area contributed by atoms with Gasteiger partial charge in [0.25, 0.3) is 0 Å². The van der Waals surface area contributed by atoms with Gasteiger partial charge in [-0.1, -0.05) is 0 Å². The lowest BCUT2D eigenvalue weighted by molar-refractivity contribution is -0.306. The van der Waals surface area contributed by atoms with Crippen molar-refractivity contribution in [3.05, 3.63) is 0 Å². The third kappa shape index (κ3) is 2.58. The number of carboxylic acid groups (broad SMARTS) is 1. The lowest BCUT2D eigenvalue weighted by atomic mass is 10.3. The van der Waals surface area contributed by atoms with E-state index in [1.165, 1.54) is 0 Å². The lowest BCUT2D eigenvalue weighted by Crippen LogP contribution is -2.22. The Morgan fingerprint density at radius 1 is 1.62 bits per heavy atom. The number of hydrogen-bond acceptors (Lipinski definition) is 2. The monoisotopic (exact) mass is 117 g/mol. The molecule has 1 fully saturated rings. The van der Waals surface area contributed by atoms with Crippen molar-refractivity contribution in [2.24, 2.45) is 5.92 Å². The van der Waals surface area contributed by atoms with E-state index in [2.05, 4.69) is 0 Å². The molecule has 1 aliphatic carbocycles. The molecule has 0 amide bonds. The molecule has 0 radical (unpaired) electrons. The van der Waals surface area contributed by atoms with Crippen molar-refractivity contribution in [2.45, 2.75) is 19.3 Å². The van der Waals surface area contributed by atoms with Gasteiger partial charge in [-0.05, 0) is 25.2 Å². The van der Waals surface area contributed by atoms with E-state index < -0.39 is 5.97 Å². The van der Waals surface area contributed by atoms with Crippen LogP contribution in [0, 0.1) is 5.92 Å². The van der Waals surface area contributed by atoms with Gasteiger partial charge in [0.05, 0.1) is 0 Å². The van der Waals surface area contributed by atoms with Gasteiger partial charge in [-0.2, -0.15) is 0 Å². The first kappa shape index (κ1) is 7.43. The molecule has 1 rings (SSSR count). The third-order valence-electron chi connectivity index (χ3n) is 1.15. The minimum atomic E-state index is -0.900. The molecule has 4 N–H and O–H groups in total. The van der Waals surface area contributed by atoms with Crippen molar-refractivity contribution in [3.8, 4) is 0 Å². The summed E-state index contributed by atoms with van der Waals surface area (Å²) in [5.41, 5.74) is 0. The van der Waals surface area contributed by atoms with Crippen LogP contribution < -0.4 is 11.3 Å². The molecule has 48 valence electrons. The second kappa shape index (κ2) is 2.67. The van der Waals surface area contributed by atoms with Crippen LogP contribution in [0.3, 0.4) is 0 Å². The number of hydrogen-bond donors (Lipinski definition) is 1. The molecular weight excluding hydrogens is 106 g/mol. The first-order valence-corrected chi connectivity index (χ1v) is 2.49. The third-order valence-corrected chi connectivity index (χ3v) is 1.15. The van der Waals surface area contributed by atoms with E-state index in [1.807, 2.05) is 0 Å². The number of quaternary nitrogens is 1. The maximum Gasteiger partial charge on any atom is 0.0417 e. The maximum atomic E-state index is 9.74. The van der Waals surface area contributed by atoms with Gasteiger partial charge in [0.15, 0.2) is 0 Å². The molecule has 0 aromatic rings. The highest BCUT2D eigenvalue weighted by molar-refractivity contribution is 5.64. The highest BCUT2D eigenvalue weighted by Crippen LogP contribution is 2.31. The van der Waals surface area contributed by atoms with Gasteiger partial charge in [0.1, 0.15) is 0 Å². The van der Waals surface area contributed by atoms with E-state index in [9.17, 15) is 9.90 Å². The molecule has 8 heavy (non-hydrogen) atoms. The molecule has 1 saturated carbocycles. The largest absolute Gasteiger partial charge is 0.550 e. The van der Waals surface area contributed by atoms with Gasteiger partial charge in [-0.25, -0.2) is 0 Å². The summed E-state index contributed by atoms with van der Waals surface area (Å²) in [6.45, 7) is 0. The van der Waals surface area contributed by atoms with Crippen LogP contribution in [0.1, 0.15) is 19.3 Å². The Morgan fingerprint density at radius 3 is 2.25 bits per heavy atom. The van der Waals surface area contributed by atoms with Crippen LogP contribution in [-0.2, 0) is 4.79 Å². The first-order chi connectivity index (χ1) is 3.29. The summed E-state index contributed by atoms with van der Waals surface area (Å²) in [4.78, 5) is 9.74. The van der Waals surface area contributed by atoms with E-state index in [1.54, 1.807) is 0 Å². The van der Waals surface area contributed by atoms with Crippen molar-refractivity contribution in [1.29, 1.82) is 0 Å². The highest BCUT2D eigenvalue weighted by atomic mass is 16.4. The smallest absolute Gasteiger partial charge is 0.0417 e. The molecule has 0 heterocycles. The summed E-state index contributed by atoms with van der Waals surface area (Å²) >= 11 is 0. The van der Waals surface area contributed by atoms with Crippen LogP contribution >= 0.6 is 0 Å². The Morgan fingerprint density at radius 2 is 2.12 bits per heavy atom. The van der Waals surface area contributed by atoms with Crippen LogP contribution in [0.25, 0.3) is 0 Å². The topological polar surface area (TPSA) is 76.6 Å². The molecule has 3 heteroatoms. The summed E-state index contributed by atoms with van der Waals surface area (Å²) in [6.07, 6.45) is 2.46. The number of carboxylic acids is 1. The predicted molar refractivity (Wildman–Crippen MR) is 28.3 cm³/mol. The molecule has 0 spiro atoms. The molecule has 0 aromatic carbocycles. The maximum absolute atomic E-state index is 9.74. The predicted octanol–water partition coefficient (Wildman–Crippen LogP) is -0.0874. The van der Waals surface area contributed by atoms with Crippen molar-refractivity contribution in [2.75, 3.05) is 0 Å². The van der Waals surface area contributed by atoms with Crippen LogP contribution in [0.2, 0.25) is 0 Å². The zero-order valence-electron chi connectivity index (χ0n) is 5.02. The first-order valence-electron chi connectivity index (χ1n) is 2.49. The standard InChI is InChI=1S/C5H8O2.H3N/c6-5(7)3-4-1-2-4;/h4H,1-3H2,(H,6,7);1H3. The second-order valence-corrected chi connectivity index (χ2v) is 2.02. The minimum Gasteiger partial charge on any atom is -0.550 e. The highest BCUT2D eigenvalue weighted by Gasteiger charge is 2.20. The Labute approximate surface area is 48.3 Å². The molecule has 0 bridgehead atoms. The minimum absolute atomic E-state index is 0. The van der Waals surface area contributed by atoms with E-state index in [-0.39, 0.29) is 12.6 Å². The number of rotatable bonds is 2. The SMILES string of the molecule is O=C([O-])CC1CC1.[NH4+]. The molecule has 0 aromatic heterocycles. The van der Waals surface area contributed by atoms with E-state index in [0.29, 0.717) is 5.92 Å². The fraction of sp³-hybridized carbons (Fsp3) is 0.800. The van der Waals surface area contributed by atoms with Crippen LogP contribution in [-0.4, -0.2) is 5.97 Å². The Bertz CT molecular complexity index is 88.4. The zero-order chi connectivity index (χ0) is 5.28. The Kier molecular flexibility index (Phi) is 2.48. The van der Waals surface area contributed by atoms with E-state index in [0.717, 1.165) is 12.8 Å². The average Bonchev–Trinajstić information content (AvgIpc) is 2.17. The van der Waals surface area contributed by atoms with Gasteiger partial charge in [-0.3, -0.25) is 0 Å². The van der Waals surface area contributed by atoms with Crippen molar-refractivity contribution in [3.63, 3.8) is 0 Å². The lowest BCUT2D eigenvalue weighted by Gasteiger charge is -1.94. The summed E-state index contributed by atoms with van der Waals surface area (Å²) in [5, 5.41) is 9.74. The Balaban J connectivity index is 0.000000490. The second-order valence-electron chi connectivity index (χ2n) is 2.02. The van der Waals surface area contributed by atoms with Crippen molar-refractivity contribution >= 4 is 5.97 Å². The van der Waals surface area contributed by atoms with Gasteiger partial charge < -0.3 is 16.1 Å². The summed E-state index contributed by atoms with van der Waals surface area (Å²) in [6, 6.07) is 0. The molecule has 3 nitrogen and oxygen atoms in total. The van der Waals surface area contributed by atoms with Crippen LogP contribution in [0.4, 0.5) is 0 Å². The zero-order valence-corrected chi connectivity index (χ0v) is 5.02. The summed E-state index contributed by atoms with van der Waals surface area (Å²) in [7, 11) is 0. The molecule has 1 aliphatic rings. The van der Waals surface area contributed by atoms with Gasteiger partial charge in [0.2, 0.25) is 0 Å². The van der Waals surface area contributed by atoms with Crippen molar-refractivity contribution in [1.82, 2.24) is 6.15 Å². The molecule has 0 aliphatic heterocycles. The number of carbonyl (C=O) groups excluding carboxylic acids is 1. The molecule has 0 saturated heterocycles. The van der Waals surface area contributed by atoms with Gasteiger partial charge >= 0.3 is 0 Å². The fourth-order valence-electron chi connectivity index (χ4n) is 0.558. The van der Waals surface area contributed by atoms with Crippen LogP contribution in [0.15, 0.2) is 0 Å². The molecule has 0 unspecified atom stereocenters. The van der Waals surface area contributed by atoms with E-state index in [4.69, 9.17) is 0 Å². The van der Waals surface area contributed by atoms with E-state index >= 15 is 0 Å². The number of aliphatic carboxylic acids is 1. The van der Waals surface area contributed by atoms with Crippen LogP contribution in [0.5, 0.6) is 0 Å². The quantitative estimate of drug-likeness (QED) is 0.548. The normalized spacial score (nSPS) is 17.0. The summed E-state index contributed by atoms with van der Waals surface area (Å²) < 4.78 is 0. The van der Waals surface area contributed by atoms with Gasteiger partial charge in [0, 0.05) is 5.97 Å². The Hall–Kier alpha value is -0.570.